The van der Waals surface area contributed by atoms with Crippen molar-refractivity contribution in [1.29, 1.82) is 0 Å². The van der Waals surface area contributed by atoms with E-state index in [1.54, 1.807) is 15.9 Å². The van der Waals surface area contributed by atoms with E-state index >= 15 is 0 Å². The van der Waals surface area contributed by atoms with Crippen molar-refractivity contribution in [1.82, 2.24) is 14.9 Å². The molecule has 0 bridgehead atoms. The van der Waals surface area contributed by atoms with E-state index in [0.29, 0.717) is 29.1 Å². The number of thioether (sulfide) groups is 1. The maximum absolute atomic E-state index is 13.0. The zero-order chi connectivity index (χ0) is 20.6. The van der Waals surface area contributed by atoms with Gasteiger partial charge in [-0.2, -0.15) is 0 Å². The van der Waals surface area contributed by atoms with E-state index in [0.717, 1.165) is 30.2 Å². The summed E-state index contributed by atoms with van der Waals surface area (Å²) in [6, 6.07) is 9.61. The standard InChI is InChI=1S/C21H24BrN3O2S2/c1-2-3-4-11-25-20(27)17-13-15(22)7-8-18(17)24-21(25)29-14-19(26)23-10-9-16-6-5-12-28-16/h5-8,12-13H,2-4,9-11,14H2,1H3,(H,23,26). The van der Waals surface area contributed by atoms with Gasteiger partial charge in [-0.1, -0.05) is 53.5 Å². The summed E-state index contributed by atoms with van der Waals surface area (Å²) in [6.07, 6.45) is 3.88. The normalized spacial score (nSPS) is 11.1. The van der Waals surface area contributed by atoms with Gasteiger partial charge in [-0.3, -0.25) is 14.2 Å². The van der Waals surface area contributed by atoms with Gasteiger partial charge in [-0.15, -0.1) is 11.3 Å². The number of unbranched alkanes of at least 4 members (excludes halogenated alkanes) is 2. The SMILES string of the molecule is CCCCCn1c(SCC(=O)NCCc2cccs2)nc2ccc(Br)cc2c1=O. The first kappa shape index (κ1) is 22.1. The van der Waals surface area contributed by atoms with Gasteiger partial charge in [-0.05, 0) is 42.5 Å². The van der Waals surface area contributed by atoms with E-state index in [9.17, 15) is 9.59 Å². The van der Waals surface area contributed by atoms with Crippen molar-refractivity contribution in [2.24, 2.45) is 0 Å². The van der Waals surface area contributed by atoms with Gasteiger partial charge in [0.1, 0.15) is 0 Å². The topological polar surface area (TPSA) is 64.0 Å². The number of nitrogens with zero attached hydrogens (tertiary/aromatic N) is 2. The number of fused-ring (bicyclic) bond motifs is 1. The molecule has 0 saturated carbocycles. The number of aromatic nitrogens is 2. The molecule has 1 amide bonds. The fourth-order valence-corrected chi connectivity index (χ4v) is 4.89. The van der Waals surface area contributed by atoms with Crippen LogP contribution in [0.3, 0.4) is 0 Å². The third kappa shape index (κ3) is 6.17. The number of hydrogen-bond acceptors (Lipinski definition) is 5. The molecule has 2 heterocycles. The molecule has 0 atom stereocenters. The van der Waals surface area contributed by atoms with Crippen LogP contribution in [0.2, 0.25) is 0 Å². The van der Waals surface area contributed by atoms with Crippen LogP contribution in [0, 0.1) is 0 Å². The van der Waals surface area contributed by atoms with E-state index in [1.165, 1.54) is 16.6 Å². The van der Waals surface area contributed by atoms with Crippen LogP contribution in [0.4, 0.5) is 0 Å². The minimum absolute atomic E-state index is 0.0446. The predicted molar refractivity (Wildman–Crippen MR) is 125 cm³/mol. The van der Waals surface area contributed by atoms with Gasteiger partial charge >= 0.3 is 0 Å². The average Bonchev–Trinajstić information content (AvgIpc) is 3.22. The maximum atomic E-state index is 13.0. The number of amides is 1. The fourth-order valence-electron chi connectivity index (χ4n) is 2.96. The molecule has 0 unspecified atom stereocenters. The molecule has 1 N–H and O–H groups in total. The summed E-state index contributed by atoms with van der Waals surface area (Å²) in [4.78, 5) is 31.2. The Hall–Kier alpha value is -1.64. The third-order valence-corrected chi connectivity index (χ3v) is 6.88. The Morgan fingerprint density at radius 3 is 2.93 bits per heavy atom. The molecule has 2 aromatic heterocycles. The minimum atomic E-state index is -0.0481. The molecular weight excluding hydrogens is 470 g/mol. The van der Waals surface area contributed by atoms with Crippen LogP contribution in [0.25, 0.3) is 10.9 Å². The zero-order valence-corrected chi connectivity index (χ0v) is 19.5. The van der Waals surface area contributed by atoms with Crippen LogP contribution in [0.5, 0.6) is 0 Å². The summed E-state index contributed by atoms with van der Waals surface area (Å²) in [5, 5.41) is 6.19. The van der Waals surface area contributed by atoms with Crippen LogP contribution >= 0.6 is 39.0 Å². The Kier molecular flexibility index (Phi) is 8.32. The molecule has 0 spiro atoms. The molecule has 0 aliphatic rings. The number of thiophene rings is 1. The van der Waals surface area contributed by atoms with E-state index in [2.05, 4.69) is 39.2 Å². The Morgan fingerprint density at radius 1 is 1.31 bits per heavy atom. The molecular formula is C21H24BrN3O2S2. The third-order valence-electron chi connectivity index (χ3n) is 4.47. The average molecular weight is 494 g/mol. The first-order valence-corrected chi connectivity index (χ1v) is 12.4. The van der Waals surface area contributed by atoms with Crippen LogP contribution in [0.15, 0.2) is 50.1 Å². The van der Waals surface area contributed by atoms with Crippen molar-refractivity contribution in [2.45, 2.75) is 44.3 Å². The predicted octanol–water partition coefficient (Wildman–Crippen LogP) is 4.86. The summed E-state index contributed by atoms with van der Waals surface area (Å²) in [7, 11) is 0. The lowest BCUT2D eigenvalue weighted by atomic mass is 10.2. The zero-order valence-electron chi connectivity index (χ0n) is 16.3. The molecule has 8 heteroatoms. The second-order valence-corrected chi connectivity index (χ2v) is 9.58. The van der Waals surface area contributed by atoms with Gasteiger partial charge in [0.05, 0.1) is 16.7 Å². The van der Waals surface area contributed by atoms with Gasteiger partial charge in [0.15, 0.2) is 5.16 Å². The molecule has 3 aromatic rings. The van der Waals surface area contributed by atoms with Gasteiger partial charge in [0, 0.05) is 22.4 Å². The number of nitrogens with one attached hydrogen (secondary N) is 1. The number of carbonyl (C=O) groups excluding carboxylic acids is 1. The van der Waals surface area contributed by atoms with Gasteiger partial charge in [-0.25, -0.2) is 4.98 Å². The highest BCUT2D eigenvalue weighted by molar-refractivity contribution is 9.10. The van der Waals surface area contributed by atoms with Crippen LogP contribution < -0.4 is 10.9 Å². The summed E-state index contributed by atoms with van der Waals surface area (Å²) in [5.41, 5.74) is 0.610. The molecule has 29 heavy (non-hydrogen) atoms. The highest BCUT2D eigenvalue weighted by Gasteiger charge is 2.13. The van der Waals surface area contributed by atoms with Crippen molar-refractivity contribution in [3.8, 4) is 0 Å². The monoisotopic (exact) mass is 493 g/mol. The lowest BCUT2D eigenvalue weighted by Crippen LogP contribution is -2.28. The van der Waals surface area contributed by atoms with Crippen molar-refractivity contribution in [3.63, 3.8) is 0 Å². The number of carbonyl (C=O) groups is 1. The molecule has 0 radical (unpaired) electrons. The molecule has 0 saturated heterocycles. The van der Waals surface area contributed by atoms with Crippen molar-refractivity contribution < 1.29 is 4.79 Å². The van der Waals surface area contributed by atoms with Crippen LogP contribution in [0.1, 0.15) is 31.1 Å². The lowest BCUT2D eigenvalue weighted by Gasteiger charge is -2.13. The summed E-state index contributed by atoms with van der Waals surface area (Å²) in [5.74, 6) is 0.198. The van der Waals surface area contributed by atoms with Crippen LogP contribution in [-0.2, 0) is 17.8 Å². The minimum Gasteiger partial charge on any atom is -0.355 e. The highest BCUT2D eigenvalue weighted by atomic mass is 79.9. The number of rotatable bonds is 10. The largest absolute Gasteiger partial charge is 0.355 e. The van der Waals surface area contributed by atoms with Gasteiger partial charge in [0.25, 0.3) is 5.56 Å². The van der Waals surface area contributed by atoms with Crippen molar-refractivity contribution in [3.05, 3.63) is 55.4 Å². The van der Waals surface area contributed by atoms with Gasteiger partial charge in [0.2, 0.25) is 5.91 Å². The first-order chi connectivity index (χ1) is 14.1. The quantitative estimate of drug-likeness (QED) is 0.248. The molecule has 154 valence electrons. The van der Waals surface area contributed by atoms with Crippen molar-refractivity contribution >= 4 is 55.8 Å². The Morgan fingerprint density at radius 2 is 2.17 bits per heavy atom. The second kappa shape index (κ2) is 10.9. The fraction of sp³-hybridized carbons (Fsp3) is 0.381. The van der Waals surface area contributed by atoms with E-state index in [-0.39, 0.29) is 17.2 Å². The Labute approximate surface area is 187 Å². The Balaban J connectivity index is 1.70. The maximum Gasteiger partial charge on any atom is 0.262 e. The first-order valence-electron chi connectivity index (χ1n) is 9.70. The van der Waals surface area contributed by atoms with Crippen molar-refractivity contribution in [2.75, 3.05) is 12.3 Å². The van der Waals surface area contributed by atoms with E-state index in [1.807, 2.05) is 29.6 Å². The summed E-state index contributed by atoms with van der Waals surface area (Å²) in [6.45, 7) is 3.36. The highest BCUT2D eigenvalue weighted by Crippen LogP contribution is 2.21. The molecule has 5 nitrogen and oxygen atoms in total. The van der Waals surface area contributed by atoms with Crippen LogP contribution in [-0.4, -0.2) is 27.8 Å². The molecule has 0 aliphatic carbocycles. The number of benzene rings is 1. The Bertz CT molecular complexity index is 1020. The number of halogens is 1. The molecule has 0 aliphatic heterocycles. The molecule has 1 aromatic carbocycles. The number of hydrogen-bond donors (Lipinski definition) is 1. The second-order valence-electron chi connectivity index (χ2n) is 6.69. The summed E-state index contributed by atoms with van der Waals surface area (Å²) < 4.78 is 2.57. The molecule has 0 fully saturated rings. The summed E-state index contributed by atoms with van der Waals surface area (Å²) >= 11 is 6.45. The molecule has 3 rings (SSSR count). The van der Waals surface area contributed by atoms with E-state index < -0.39 is 0 Å². The lowest BCUT2D eigenvalue weighted by molar-refractivity contribution is -0.118. The van der Waals surface area contributed by atoms with E-state index in [4.69, 9.17) is 0 Å². The van der Waals surface area contributed by atoms with Gasteiger partial charge < -0.3 is 5.32 Å². The smallest absolute Gasteiger partial charge is 0.262 e.